The molecule has 7 nitrogen and oxygen atoms in total. The maximum atomic E-state index is 11.9. The minimum atomic E-state index is -0.413. The molecule has 0 radical (unpaired) electrons. The summed E-state index contributed by atoms with van der Waals surface area (Å²) >= 11 is 1.56. The lowest BCUT2D eigenvalue weighted by Gasteiger charge is -2.10. The third-order valence-electron chi connectivity index (χ3n) is 4.43. The topological polar surface area (TPSA) is 86.8 Å². The summed E-state index contributed by atoms with van der Waals surface area (Å²) in [6.45, 7) is 0.141. The molecule has 1 aromatic heterocycles. The van der Waals surface area contributed by atoms with Crippen LogP contribution in [0.4, 0.5) is 0 Å². The van der Waals surface area contributed by atoms with Gasteiger partial charge >= 0.3 is 5.97 Å². The number of carbonyl (C=O) groups is 2. The van der Waals surface area contributed by atoms with Gasteiger partial charge in [-0.15, -0.1) is 11.3 Å². The van der Waals surface area contributed by atoms with E-state index >= 15 is 0 Å². The van der Waals surface area contributed by atoms with Crippen LogP contribution in [0.1, 0.15) is 17.0 Å². The van der Waals surface area contributed by atoms with Crippen LogP contribution in [-0.2, 0) is 27.2 Å². The summed E-state index contributed by atoms with van der Waals surface area (Å²) in [5.41, 5.74) is 1.93. The summed E-state index contributed by atoms with van der Waals surface area (Å²) in [5.74, 6) is 0.555. The second-order valence-electron chi connectivity index (χ2n) is 6.53. The lowest BCUT2D eigenvalue weighted by molar-refractivity contribution is -0.148. The quantitative estimate of drug-likeness (QED) is 0.499. The Labute approximate surface area is 179 Å². The van der Waals surface area contributed by atoms with E-state index in [1.54, 1.807) is 25.6 Å². The Balaban J connectivity index is 1.35. The van der Waals surface area contributed by atoms with Crippen molar-refractivity contribution in [2.24, 2.45) is 0 Å². The number of hydrogen-bond acceptors (Lipinski definition) is 7. The van der Waals surface area contributed by atoms with Gasteiger partial charge in [-0.2, -0.15) is 0 Å². The van der Waals surface area contributed by atoms with Crippen molar-refractivity contribution in [2.45, 2.75) is 19.3 Å². The number of rotatable bonds is 10. The molecule has 1 amide bonds. The maximum absolute atomic E-state index is 11.9. The summed E-state index contributed by atoms with van der Waals surface area (Å²) in [6, 6.07) is 13.4. The van der Waals surface area contributed by atoms with Crippen LogP contribution in [0.3, 0.4) is 0 Å². The monoisotopic (exact) mass is 428 g/mol. The maximum Gasteiger partial charge on any atom is 0.306 e. The summed E-state index contributed by atoms with van der Waals surface area (Å²) in [6.07, 6.45) is 1.31. The Morgan fingerprint density at radius 1 is 1.03 bits per heavy atom. The SMILES string of the molecule is COc1ccc(CCNC(=O)COC(=O)CCc2nc3ccccc3s2)cc1OC. The summed E-state index contributed by atoms with van der Waals surface area (Å²) in [4.78, 5) is 28.3. The van der Waals surface area contributed by atoms with E-state index in [2.05, 4.69) is 10.3 Å². The van der Waals surface area contributed by atoms with Gasteiger partial charge in [0.15, 0.2) is 18.1 Å². The van der Waals surface area contributed by atoms with Crippen molar-refractivity contribution < 1.29 is 23.8 Å². The highest BCUT2D eigenvalue weighted by molar-refractivity contribution is 7.18. The van der Waals surface area contributed by atoms with Gasteiger partial charge in [-0.05, 0) is 36.2 Å². The van der Waals surface area contributed by atoms with Crippen molar-refractivity contribution in [3.05, 3.63) is 53.0 Å². The predicted molar refractivity (Wildman–Crippen MR) is 115 cm³/mol. The number of thiazole rings is 1. The number of nitrogens with one attached hydrogen (secondary N) is 1. The molecule has 1 N–H and O–H groups in total. The molecule has 0 aliphatic rings. The van der Waals surface area contributed by atoms with E-state index in [1.807, 2.05) is 42.5 Å². The first-order valence-corrected chi connectivity index (χ1v) is 10.4. The standard InChI is InChI=1S/C22H24N2O5S/c1-27-17-8-7-15(13-18(17)28-2)11-12-23-20(25)14-29-22(26)10-9-21-24-16-5-3-4-6-19(16)30-21/h3-8,13H,9-12,14H2,1-2H3,(H,23,25). The first-order chi connectivity index (χ1) is 14.6. The Morgan fingerprint density at radius 3 is 2.60 bits per heavy atom. The van der Waals surface area contributed by atoms with E-state index in [-0.39, 0.29) is 18.9 Å². The second kappa shape index (κ2) is 10.6. The number of hydrogen-bond donors (Lipinski definition) is 1. The molecule has 3 aromatic rings. The van der Waals surface area contributed by atoms with Crippen LogP contribution in [0, 0.1) is 0 Å². The molecular weight excluding hydrogens is 404 g/mol. The van der Waals surface area contributed by atoms with E-state index in [0.29, 0.717) is 30.9 Å². The number of ether oxygens (including phenoxy) is 3. The molecule has 8 heteroatoms. The lowest BCUT2D eigenvalue weighted by atomic mass is 10.1. The van der Waals surface area contributed by atoms with Gasteiger partial charge < -0.3 is 19.5 Å². The molecule has 2 aromatic carbocycles. The fourth-order valence-electron chi connectivity index (χ4n) is 2.89. The fourth-order valence-corrected chi connectivity index (χ4v) is 3.85. The third kappa shape index (κ3) is 5.93. The highest BCUT2D eigenvalue weighted by Crippen LogP contribution is 2.27. The molecule has 1 heterocycles. The van der Waals surface area contributed by atoms with Crippen LogP contribution in [-0.4, -0.2) is 44.2 Å². The zero-order chi connectivity index (χ0) is 21.3. The Morgan fingerprint density at radius 2 is 1.83 bits per heavy atom. The van der Waals surface area contributed by atoms with E-state index in [9.17, 15) is 9.59 Å². The fraction of sp³-hybridized carbons (Fsp3) is 0.318. The molecule has 0 fully saturated rings. The zero-order valence-electron chi connectivity index (χ0n) is 17.0. The number of benzene rings is 2. The van der Waals surface area contributed by atoms with Crippen molar-refractivity contribution in [3.63, 3.8) is 0 Å². The van der Waals surface area contributed by atoms with Crippen molar-refractivity contribution >= 4 is 33.4 Å². The number of fused-ring (bicyclic) bond motifs is 1. The number of para-hydroxylation sites is 1. The van der Waals surface area contributed by atoms with Crippen molar-refractivity contribution in [1.29, 1.82) is 0 Å². The average molecular weight is 429 g/mol. The molecular formula is C22H24N2O5S. The Hall–Kier alpha value is -3.13. The van der Waals surface area contributed by atoms with Gasteiger partial charge in [0.1, 0.15) is 0 Å². The molecule has 0 atom stereocenters. The van der Waals surface area contributed by atoms with Crippen LogP contribution in [0.15, 0.2) is 42.5 Å². The number of methoxy groups -OCH3 is 2. The minimum Gasteiger partial charge on any atom is -0.493 e. The molecule has 3 rings (SSSR count). The summed E-state index contributed by atoms with van der Waals surface area (Å²) in [7, 11) is 3.16. The molecule has 0 spiro atoms. The highest BCUT2D eigenvalue weighted by atomic mass is 32.1. The van der Waals surface area contributed by atoms with Gasteiger partial charge in [0, 0.05) is 13.0 Å². The van der Waals surface area contributed by atoms with Gasteiger partial charge in [-0.25, -0.2) is 4.98 Å². The molecule has 158 valence electrons. The van der Waals surface area contributed by atoms with Gasteiger partial charge in [0.2, 0.25) is 0 Å². The van der Waals surface area contributed by atoms with Crippen LogP contribution < -0.4 is 14.8 Å². The number of nitrogens with zero attached hydrogens (tertiary/aromatic N) is 1. The molecule has 0 saturated heterocycles. The van der Waals surface area contributed by atoms with Crippen molar-refractivity contribution in [1.82, 2.24) is 10.3 Å². The van der Waals surface area contributed by atoms with Crippen LogP contribution in [0.25, 0.3) is 10.2 Å². The van der Waals surface area contributed by atoms with Gasteiger partial charge in [-0.1, -0.05) is 18.2 Å². The third-order valence-corrected chi connectivity index (χ3v) is 5.53. The predicted octanol–water partition coefficient (Wildman–Crippen LogP) is 3.15. The normalized spacial score (nSPS) is 10.6. The van der Waals surface area contributed by atoms with E-state index < -0.39 is 5.97 Å². The smallest absolute Gasteiger partial charge is 0.306 e. The van der Waals surface area contributed by atoms with Crippen LogP contribution in [0.5, 0.6) is 11.5 Å². The molecule has 0 aliphatic carbocycles. The number of esters is 1. The van der Waals surface area contributed by atoms with Crippen LogP contribution in [0.2, 0.25) is 0 Å². The number of amides is 1. The average Bonchev–Trinajstić information content (AvgIpc) is 3.19. The van der Waals surface area contributed by atoms with Gasteiger partial charge in [0.05, 0.1) is 35.9 Å². The van der Waals surface area contributed by atoms with E-state index in [1.165, 1.54) is 0 Å². The largest absolute Gasteiger partial charge is 0.493 e. The van der Waals surface area contributed by atoms with E-state index in [0.717, 1.165) is 20.8 Å². The molecule has 0 bridgehead atoms. The van der Waals surface area contributed by atoms with Gasteiger partial charge in [0.25, 0.3) is 5.91 Å². The van der Waals surface area contributed by atoms with E-state index in [4.69, 9.17) is 14.2 Å². The first kappa shape index (κ1) is 21.6. The minimum absolute atomic E-state index is 0.193. The number of aryl methyl sites for hydroxylation is 1. The lowest BCUT2D eigenvalue weighted by Crippen LogP contribution is -2.30. The summed E-state index contributed by atoms with van der Waals surface area (Å²) in [5, 5.41) is 3.63. The number of carbonyl (C=O) groups excluding carboxylic acids is 2. The first-order valence-electron chi connectivity index (χ1n) is 9.56. The van der Waals surface area contributed by atoms with Crippen molar-refractivity contribution in [3.8, 4) is 11.5 Å². The molecule has 0 aliphatic heterocycles. The number of aromatic nitrogens is 1. The van der Waals surface area contributed by atoms with Crippen LogP contribution >= 0.6 is 11.3 Å². The second-order valence-corrected chi connectivity index (χ2v) is 7.64. The van der Waals surface area contributed by atoms with Crippen molar-refractivity contribution in [2.75, 3.05) is 27.4 Å². The highest BCUT2D eigenvalue weighted by Gasteiger charge is 2.10. The molecule has 30 heavy (non-hydrogen) atoms. The summed E-state index contributed by atoms with van der Waals surface area (Å²) < 4.78 is 16.6. The molecule has 0 saturated carbocycles. The van der Waals surface area contributed by atoms with Gasteiger partial charge in [-0.3, -0.25) is 9.59 Å². The zero-order valence-corrected chi connectivity index (χ0v) is 17.8. The Kier molecular flexibility index (Phi) is 7.62. The Bertz CT molecular complexity index is 985. The molecule has 0 unspecified atom stereocenters.